The van der Waals surface area contributed by atoms with E-state index in [9.17, 15) is 14.7 Å². The van der Waals surface area contributed by atoms with E-state index in [0.717, 1.165) is 33.4 Å². The summed E-state index contributed by atoms with van der Waals surface area (Å²) in [5.41, 5.74) is 6.90. The molecule has 0 bridgehead atoms. The topological polar surface area (TPSA) is 89.4 Å². The van der Waals surface area contributed by atoms with Crippen LogP contribution in [0.15, 0.2) is 85.2 Å². The Hall–Kier alpha value is -4.32. The largest absolute Gasteiger partial charge is 0.481 e. The van der Waals surface area contributed by atoms with Gasteiger partial charge in [0.05, 0.1) is 0 Å². The van der Waals surface area contributed by atoms with Gasteiger partial charge < -0.3 is 9.84 Å². The maximum atomic E-state index is 12.9. The molecule has 1 atom stereocenters. The fraction of sp³-hybridized carbons (Fsp3) is 0.172. The molecule has 0 spiro atoms. The van der Waals surface area contributed by atoms with Crippen molar-refractivity contribution in [2.75, 3.05) is 6.61 Å². The number of aryl methyl sites for hydroxylation is 1. The second kappa shape index (κ2) is 9.50. The highest BCUT2D eigenvalue weighted by atomic mass is 16.5. The molecule has 0 unspecified atom stereocenters. The van der Waals surface area contributed by atoms with E-state index < -0.39 is 17.9 Å². The second-order valence-corrected chi connectivity index (χ2v) is 8.68. The summed E-state index contributed by atoms with van der Waals surface area (Å²) in [7, 11) is 0. The minimum atomic E-state index is -1.34. The molecule has 1 heterocycles. The smallest absolute Gasteiger partial charge is 0.320 e. The van der Waals surface area contributed by atoms with Crippen molar-refractivity contribution >= 4 is 11.9 Å². The highest BCUT2D eigenvalue weighted by molar-refractivity contribution is 5.94. The first kappa shape index (κ1) is 22.5. The molecule has 1 aliphatic carbocycles. The van der Waals surface area contributed by atoms with E-state index in [2.05, 4.69) is 22.1 Å². The molecule has 0 aliphatic heterocycles. The van der Waals surface area contributed by atoms with E-state index >= 15 is 0 Å². The predicted octanol–water partition coefficient (Wildman–Crippen LogP) is 5.05. The average Bonchev–Trinajstić information content (AvgIpc) is 3.20. The monoisotopic (exact) mass is 464 g/mol. The molecule has 6 nitrogen and oxygen atoms in total. The lowest BCUT2D eigenvalue weighted by Gasteiger charge is -2.17. The average molecular weight is 465 g/mol. The molecule has 0 amide bonds. The number of carbonyl (C=O) groups excluding carboxylic acids is 1. The van der Waals surface area contributed by atoms with Crippen LogP contribution in [0, 0.1) is 12.8 Å². The first-order chi connectivity index (χ1) is 17.0. The zero-order valence-corrected chi connectivity index (χ0v) is 19.2. The third-order valence-corrected chi connectivity index (χ3v) is 6.47. The van der Waals surface area contributed by atoms with E-state index in [4.69, 9.17) is 4.74 Å². The summed E-state index contributed by atoms with van der Waals surface area (Å²) in [4.78, 5) is 33.6. The van der Waals surface area contributed by atoms with Crippen LogP contribution < -0.4 is 0 Å². The van der Waals surface area contributed by atoms with Crippen LogP contribution in [0.4, 0.5) is 0 Å². The summed E-state index contributed by atoms with van der Waals surface area (Å²) in [6, 6.07) is 23.8. The molecule has 0 fully saturated rings. The lowest BCUT2D eigenvalue weighted by atomic mass is 9.97. The molecule has 5 rings (SSSR count). The fourth-order valence-electron chi connectivity index (χ4n) is 4.64. The van der Waals surface area contributed by atoms with Crippen molar-refractivity contribution in [3.8, 4) is 22.5 Å². The molecular weight excluding hydrogens is 440 g/mol. The number of nitrogens with zero attached hydrogens (tertiary/aromatic N) is 2. The number of benzene rings is 3. The van der Waals surface area contributed by atoms with Crippen molar-refractivity contribution < 1.29 is 19.4 Å². The molecule has 1 N–H and O–H groups in total. The van der Waals surface area contributed by atoms with Crippen LogP contribution in [0.2, 0.25) is 0 Å². The van der Waals surface area contributed by atoms with Crippen LogP contribution >= 0.6 is 0 Å². The van der Waals surface area contributed by atoms with Gasteiger partial charge in [0.25, 0.3) is 0 Å². The number of hydrogen-bond donors (Lipinski definition) is 1. The first-order valence-corrected chi connectivity index (χ1v) is 11.5. The van der Waals surface area contributed by atoms with Crippen molar-refractivity contribution in [1.82, 2.24) is 9.97 Å². The molecule has 3 aromatic carbocycles. The highest BCUT2D eigenvalue weighted by Crippen LogP contribution is 2.44. The van der Waals surface area contributed by atoms with E-state index in [1.807, 2.05) is 67.6 Å². The zero-order chi connectivity index (χ0) is 24.4. The van der Waals surface area contributed by atoms with E-state index in [1.165, 1.54) is 0 Å². The number of ether oxygens (including phenoxy) is 1. The Morgan fingerprint density at radius 1 is 0.857 bits per heavy atom. The zero-order valence-electron chi connectivity index (χ0n) is 19.2. The Morgan fingerprint density at radius 3 is 1.97 bits per heavy atom. The van der Waals surface area contributed by atoms with Crippen molar-refractivity contribution in [3.63, 3.8) is 0 Å². The van der Waals surface area contributed by atoms with Crippen LogP contribution in [0.3, 0.4) is 0 Å². The second-order valence-electron chi connectivity index (χ2n) is 8.68. The van der Waals surface area contributed by atoms with Gasteiger partial charge in [-0.1, -0.05) is 72.8 Å². The molecule has 0 saturated heterocycles. The van der Waals surface area contributed by atoms with Crippen LogP contribution in [-0.4, -0.2) is 33.6 Å². The van der Waals surface area contributed by atoms with Gasteiger partial charge in [-0.2, -0.15) is 0 Å². The van der Waals surface area contributed by atoms with Crippen LogP contribution in [-0.2, 0) is 20.7 Å². The number of aliphatic carboxylic acids is 1. The van der Waals surface area contributed by atoms with Crippen molar-refractivity contribution in [1.29, 1.82) is 0 Å². The number of hydrogen-bond acceptors (Lipinski definition) is 5. The molecule has 1 aromatic heterocycles. The summed E-state index contributed by atoms with van der Waals surface area (Å²) < 4.78 is 5.58. The molecular formula is C29H24N2O4. The maximum absolute atomic E-state index is 12.9. The van der Waals surface area contributed by atoms with Gasteiger partial charge in [0, 0.05) is 23.9 Å². The van der Waals surface area contributed by atoms with Gasteiger partial charge in [0.1, 0.15) is 6.61 Å². The molecule has 0 radical (unpaired) electrons. The standard InChI is InChI=1S/C29H24N2O4/c1-18-8-2-3-9-20(18)27-30-15-19(16-31-27)14-25(28(32)33)29(34)35-17-26-23-12-6-4-10-21(23)22-11-5-7-13-24(22)26/h2-13,15-16,25-26H,14,17H2,1H3,(H,32,33)/t25-/m0/s1. The van der Waals surface area contributed by atoms with E-state index in [0.29, 0.717) is 11.4 Å². The van der Waals surface area contributed by atoms with Crippen LogP contribution in [0.25, 0.3) is 22.5 Å². The number of rotatable bonds is 7. The first-order valence-electron chi connectivity index (χ1n) is 11.5. The third kappa shape index (κ3) is 4.43. The van der Waals surface area contributed by atoms with Gasteiger partial charge in [0.15, 0.2) is 11.7 Å². The number of fused-ring (bicyclic) bond motifs is 3. The Balaban J connectivity index is 1.30. The van der Waals surface area contributed by atoms with Crippen molar-refractivity contribution in [2.45, 2.75) is 19.3 Å². The Morgan fingerprint density at radius 2 is 1.40 bits per heavy atom. The highest BCUT2D eigenvalue weighted by Gasteiger charge is 2.32. The van der Waals surface area contributed by atoms with Crippen molar-refractivity contribution in [3.05, 3.63) is 107 Å². The summed E-state index contributed by atoms with van der Waals surface area (Å²) >= 11 is 0. The number of carbonyl (C=O) groups is 2. The van der Waals surface area contributed by atoms with Gasteiger partial charge >= 0.3 is 11.9 Å². The molecule has 1 aliphatic rings. The Bertz CT molecular complexity index is 1350. The lowest BCUT2D eigenvalue weighted by Crippen LogP contribution is -2.29. The normalized spacial score (nSPS) is 13.1. The van der Waals surface area contributed by atoms with Gasteiger partial charge in [-0.05, 0) is 46.7 Å². The lowest BCUT2D eigenvalue weighted by molar-refractivity contribution is -0.158. The van der Waals surface area contributed by atoms with Gasteiger partial charge in [-0.25, -0.2) is 9.97 Å². The minimum absolute atomic E-state index is 0.0416. The number of esters is 1. The van der Waals surface area contributed by atoms with Gasteiger partial charge in [-0.3, -0.25) is 9.59 Å². The Kier molecular flexibility index (Phi) is 6.10. The SMILES string of the molecule is Cc1ccccc1-c1ncc(C[C@@H](C(=O)O)C(=O)OCC2c3ccccc3-c3ccccc32)cn1. The van der Waals surface area contributed by atoms with Crippen LogP contribution in [0.5, 0.6) is 0 Å². The molecule has 35 heavy (non-hydrogen) atoms. The molecule has 174 valence electrons. The molecule has 0 saturated carbocycles. The third-order valence-electron chi connectivity index (χ3n) is 6.47. The van der Waals surface area contributed by atoms with Crippen molar-refractivity contribution in [2.24, 2.45) is 5.92 Å². The van der Waals surface area contributed by atoms with Gasteiger partial charge in [0.2, 0.25) is 0 Å². The quantitative estimate of drug-likeness (QED) is 0.304. The Labute approximate surface area is 203 Å². The summed E-state index contributed by atoms with van der Waals surface area (Å²) in [6.07, 6.45) is 3.10. The number of aromatic nitrogens is 2. The fourth-order valence-corrected chi connectivity index (χ4v) is 4.64. The number of carboxylic acids is 1. The van der Waals surface area contributed by atoms with Crippen LogP contribution in [0.1, 0.15) is 28.2 Å². The van der Waals surface area contributed by atoms with E-state index in [1.54, 1.807) is 12.4 Å². The summed E-state index contributed by atoms with van der Waals surface area (Å²) in [5.74, 6) is -2.90. The van der Waals surface area contributed by atoms with Gasteiger partial charge in [-0.15, -0.1) is 0 Å². The summed E-state index contributed by atoms with van der Waals surface area (Å²) in [5, 5.41) is 9.74. The molecule has 6 heteroatoms. The summed E-state index contributed by atoms with van der Waals surface area (Å²) in [6.45, 7) is 2.06. The minimum Gasteiger partial charge on any atom is -0.481 e. The maximum Gasteiger partial charge on any atom is 0.320 e. The number of carboxylic acid groups (broad SMARTS) is 1. The predicted molar refractivity (Wildman–Crippen MR) is 132 cm³/mol. The molecule has 4 aromatic rings. The van der Waals surface area contributed by atoms with E-state index in [-0.39, 0.29) is 18.9 Å².